The van der Waals surface area contributed by atoms with Crippen molar-refractivity contribution in [1.82, 2.24) is 4.90 Å². The second-order valence-electron chi connectivity index (χ2n) is 3.19. The fraction of sp³-hybridized carbons (Fsp3) is 0.750. The van der Waals surface area contributed by atoms with E-state index in [1.807, 2.05) is 0 Å². The van der Waals surface area contributed by atoms with E-state index in [9.17, 15) is 4.79 Å². The highest BCUT2D eigenvalue weighted by atomic mass is 32.1. The Morgan fingerprint density at radius 3 is 2.62 bits per heavy atom. The van der Waals surface area contributed by atoms with Gasteiger partial charge in [0.05, 0.1) is 18.0 Å². The summed E-state index contributed by atoms with van der Waals surface area (Å²) < 4.78 is 0. The van der Waals surface area contributed by atoms with Gasteiger partial charge in [0, 0.05) is 12.6 Å². The molecule has 4 nitrogen and oxygen atoms in total. The molecule has 0 radical (unpaired) electrons. The van der Waals surface area contributed by atoms with Crippen molar-refractivity contribution in [3.05, 3.63) is 0 Å². The van der Waals surface area contributed by atoms with Crippen molar-refractivity contribution in [3.63, 3.8) is 0 Å². The van der Waals surface area contributed by atoms with E-state index in [0.717, 1.165) is 12.8 Å². The summed E-state index contributed by atoms with van der Waals surface area (Å²) in [5.41, 5.74) is 5.27. The highest BCUT2D eigenvalue weighted by molar-refractivity contribution is 7.80. The van der Waals surface area contributed by atoms with E-state index in [4.69, 9.17) is 10.8 Å². The lowest BCUT2D eigenvalue weighted by Gasteiger charge is -2.20. The van der Waals surface area contributed by atoms with E-state index in [-0.39, 0.29) is 23.9 Å². The van der Waals surface area contributed by atoms with Gasteiger partial charge in [-0.1, -0.05) is 12.2 Å². The Morgan fingerprint density at radius 1 is 1.62 bits per heavy atom. The predicted molar refractivity (Wildman–Crippen MR) is 53.2 cm³/mol. The Kier molecular flexibility index (Phi) is 3.62. The number of carbonyl (C=O) groups is 1. The number of hydrogen-bond acceptors (Lipinski definition) is 3. The van der Waals surface area contributed by atoms with Crippen molar-refractivity contribution in [1.29, 1.82) is 0 Å². The summed E-state index contributed by atoms with van der Waals surface area (Å²) in [4.78, 5) is 13.4. The fourth-order valence-electron chi connectivity index (χ4n) is 1.26. The molecule has 74 valence electrons. The number of nitrogens with two attached hydrogens (primary N) is 1. The minimum absolute atomic E-state index is 0.000423. The van der Waals surface area contributed by atoms with E-state index in [1.165, 1.54) is 0 Å². The standard InChI is InChI=1S/C8H14N2O2S/c9-7(13)5-8(12)10(3-4-11)6-1-2-6/h6,11H,1-5H2,(H2,9,13). The van der Waals surface area contributed by atoms with Gasteiger partial charge in [0.2, 0.25) is 5.91 Å². The first kappa shape index (κ1) is 10.4. The third-order valence-electron chi connectivity index (χ3n) is 1.97. The molecule has 0 bridgehead atoms. The fourth-order valence-corrected chi connectivity index (χ4v) is 1.38. The second kappa shape index (κ2) is 4.53. The van der Waals surface area contributed by atoms with E-state index in [2.05, 4.69) is 12.2 Å². The number of rotatable bonds is 5. The molecule has 3 N–H and O–H groups in total. The maximum atomic E-state index is 11.5. The molecular formula is C8H14N2O2S. The van der Waals surface area contributed by atoms with Crippen molar-refractivity contribution in [2.75, 3.05) is 13.2 Å². The van der Waals surface area contributed by atoms with Crippen LogP contribution in [0.25, 0.3) is 0 Å². The Bertz CT molecular complexity index is 216. The van der Waals surface area contributed by atoms with Crippen molar-refractivity contribution in [2.45, 2.75) is 25.3 Å². The van der Waals surface area contributed by atoms with Crippen LogP contribution in [-0.2, 0) is 4.79 Å². The van der Waals surface area contributed by atoms with E-state index in [0.29, 0.717) is 12.6 Å². The van der Waals surface area contributed by atoms with Gasteiger partial charge in [0.25, 0.3) is 0 Å². The highest BCUT2D eigenvalue weighted by Crippen LogP contribution is 2.26. The molecule has 5 heteroatoms. The minimum Gasteiger partial charge on any atom is -0.395 e. The van der Waals surface area contributed by atoms with Crippen LogP contribution in [0, 0.1) is 0 Å². The molecule has 1 amide bonds. The third kappa shape index (κ3) is 3.28. The van der Waals surface area contributed by atoms with E-state index < -0.39 is 0 Å². The van der Waals surface area contributed by atoms with E-state index >= 15 is 0 Å². The van der Waals surface area contributed by atoms with Gasteiger partial charge in [0.1, 0.15) is 0 Å². The number of aliphatic hydroxyl groups excluding tert-OH is 1. The Labute approximate surface area is 82.7 Å². The van der Waals surface area contributed by atoms with Crippen LogP contribution in [0.4, 0.5) is 0 Å². The molecule has 0 aromatic rings. The number of nitrogens with zero attached hydrogens (tertiary/aromatic N) is 1. The summed E-state index contributed by atoms with van der Waals surface area (Å²) >= 11 is 4.65. The molecular weight excluding hydrogens is 188 g/mol. The maximum Gasteiger partial charge on any atom is 0.229 e. The van der Waals surface area contributed by atoms with Crippen molar-refractivity contribution in [2.24, 2.45) is 5.73 Å². The first-order chi connectivity index (χ1) is 6.15. The molecule has 1 fully saturated rings. The summed E-state index contributed by atoms with van der Waals surface area (Å²) in [5.74, 6) is -0.0657. The largest absolute Gasteiger partial charge is 0.395 e. The van der Waals surface area contributed by atoms with Crippen LogP contribution < -0.4 is 5.73 Å². The number of carbonyl (C=O) groups excluding carboxylic acids is 1. The molecule has 0 unspecified atom stereocenters. The molecule has 1 rings (SSSR count). The second-order valence-corrected chi connectivity index (χ2v) is 3.71. The number of amides is 1. The number of aliphatic hydroxyl groups is 1. The Balaban J connectivity index is 2.43. The lowest BCUT2D eigenvalue weighted by molar-refractivity contribution is -0.130. The van der Waals surface area contributed by atoms with Crippen LogP contribution >= 0.6 is 12.2 Å². The first-order valence-corrected chi connectivity index (χ1v) is 4.74. The van der Waals surface area contributed by atoms with Gasteiger partial charge in [-0.05, 0) is 12.8 Å². The average Bonchev–Trinajstić information content (AvgIpc) is 2.81. The van der Waals surface area contributed by atoms with Gasteiger partial charge in [-0.15, -0.1) is 0 Å². The lowest BCUT2D eigenvalue weighted by atomic mass is 10.3. The molecule has 0 saturated heterocycles. The average molecular weight is 202 g/mol. The van der Waals surface area contributed by atoms with Gasteiger partial charge < -0.3 is 15.7 Å². The number of thiocarbonyl (C=S) groups is 1. The maximum absolute atomic E-state index is 11.5. The summed E-state index contributed by atoms with van der Waals surface area (Å²) in [6.45, 7) is 0.395. The zero-order valence-corrected chi connectivity index (χ0v) is 8.22. The lowest BCUT2D eigenvalue weighted by Crippen LogP contribution is -2.37. The Hall–Kier alpha value is -0.680. The third-order valence-corrected chi connectivity index (χ3v) is 2.12. The summed E-state index contributed by atoms with van der Waals surface area (Å²) in [6, 6.07) is 0.314. The normalized spacial score (nSPS) is 15.5. The van der Waals surface area contributed by atoms with Gasteiger partial charge >= 0.3 is 0 Å². The molecule has 0 aromatic carbocycles. The molecule has 0 atom stereocenters. The molecule has 0 aromatic heterocycles. The summed E-state index contributed by atoms with van der Waals surface area (Å²) in [7, 11) is 0. The van der Waals surface area contributed by atoms with Crippen molar-refractivity contribution < 1.29 is 9.90 Å². The molecule has 0 heterocycles. The van der Waals surface area contributed by atoms with E-state index in [1.54, 1.807) is 4.90 Å². The van der Waals surface area contributed by atoms with Gasteiger partial charge in [-0.3, -0.25) is 4.79 Å². The molecule has 13 heavy (non-hydrogen) atoms. The van der Waals surface area contributed by atoms with Crippen LogP contribution in [0.5, 0.6) is 0 Å². The highest BCUT2D eigenvalue weighted by Gasteiger charge is 2.31. The van der Waals surface area contributed by atoms with Crippen LogP contribution in [0.2, 0.25) is 0 Å². The van der Waals surface area contributed by atoms with Crippen LogP contribution in [0.15, 0.2) is 0 Å². The molecule has 1 aliphatic rings. The summed E-state index contributed by atoms with van der Waals surface area (Å²) in [6.07, 6.45) is 2.18. The molecule has 0 spiro atoms. The predicted octanol–water partition coefficient (Wildman–Crippen LogP) is -0.354. The molecule has 1 saturated carbocycles. The molecule has 1 aliphatic carbocycles. The molecule has 0 aliphatic heterocycles. The zero-order chi connectivity index (χ0) is 9.84. The topological polar surface area (TPSA) is 66.6 Å². The zero-order valence-electron chi connectivity index (χ0n) is 7.40. The van der Waals surface area contributed by atoms with Crippen LogP contribution in [0.3, 0.4) is 0 Å². The van der Waals surface area contributed by atoms with Crippen LogP contribution in [0.1, 0.15) is 19.3 Å². The monoisotopic (exact) mass is 202 g/mol. The van der Waals surface area contributed by atoms with Crippen molar-refractivity contribution in [3.8, 4) is 0 Å². The smallest absolute Gasteiger partial charge is 0.229 e. The quantitative estimate of drug-likeness (QED) is 0.598. The summed E-state index contributed by atoms with van der Waals surface area (Å²) in [5, 5.41) is 8.74. The van der Waals surface area contributed by atoms with Gasteiger partial charge in [0.15, 0.2) is 0 Å². The van der Waals surface area contributed by atoms with Crippen LogP contribution in [-0.4, -0.2) is 40.1 Å². The minimum atomic E-state index is -0.0657. The SMILES string of the molecule is NC(=S)CC(=O)N(CCO)C1CC1. The van der Waals surface area contributed by atoms with Crippen molar-refractivity contribution >= 4 is 23.1 Å². The van der Waals surface area contributed by atoms with Gasteiger partial charge in [-0.25, -0.2) is 0 Å². The first-order valence-electron chi connectivity index (χ1n) is 4.33. The number of hydrogen-bond donors (Lipinski definition) is 2. The van der Waals surface area contributed by atoms with Gasteiger partial charge in [-0.2, -0.15) is 0 Å². The Morgan fingerprint density at radius 2 is 2.23 bits per heavy atom.